The molecule has 3 N–H and O–H groups in total. The van der Waals surface area contributed by atoms with E-state index in [9.17, 15) is 8.42 Å². The fourth-order valence-electron chi connectivity index (χ4n) is 2.79. The van der Waals surface area contributed by atoms with Gasteiger partial charge in [0.05, 0.1) is 0 Å². The van der Waals surface area contributed by atoms with Crippen LogP contribution in [0.25, 0.3) is 0 Å². The van der Waals surface area contributed by atoms with Crippen LogP contribution in [-0.4, -0.2) is 39.0 Å². The Morgan fingerprint density at radius 1 is 1.52 bits per heavy atom. The van der Waals surface area contributed by atoms with Crippen LogP contribution in [0.15, 0.2) is 10.3 Å². The van der Waals surface area contributed by atoms with E-state index in [1.807, 2.05) is 12.3 Å². The van der Waals surface area contributed by atoms with Crippen molar-refractivity contribution in [3.8, 4) is 0 Å². The van der Waals surface area contributed by atoms with Gasteiger partial charge in [0, 0.05) is 30.6 Å². The molecule has 1 fully saturated rings. The van der Waals surface area contributed by atoms with Crippen molar-refractivity contribution in [3.63, 3.8) is 0 Å². The van der Waals surface area contributed by atoms with E-state index >= 15 is 0 Å². The van der Waals surface area contributed by atoms with Gasteiger partial charge in [0.25, 0.3) is 0 Å². The molecule has 1 saturated heterocycles. The van der Waals surface area contributed by atoms with E-state index < -0.39 is 10.0 Å². The lowest BCUT2D eigenvalue weighted by molar-refractivity contribution is 0.265. The minimum absolute atomic E-state index is 0.263. The molecular weight excluding hydrogens is 306 g/mol. The number of sulfonamides is 1. The third-order valence-electron chi connectivity index (χ3n) is 4.05. The molecule has 0 radical (unpaired) electrons. The van der Waals surface area contributed by atoms with Gasteiger partial charge in [0.2, 0.25) is 10.0 Å². The number of likely N-dealkylation sites (tertiary alicyclic amines) is 1. The lowest BCUT2D eigenvalue weighted by atomic mass is 10.1. The zero-order valence-corrected chi connectivity index (χ0v) is 14.6. The summed E-state index contributed by atoms with van der Waals surface area (Å²) in [4.78, 5) is 3.50. The predicted octanol–water partition coefficient (Wildman–Crippen LogP) is 1.52. The van der Waals surface area contributed by atoms with Crippen LogP contribution in [0.5, 0.6) is 0 Å². The molecule has 21 heavy (non-hydrogen) atoms. The minimum Gasteiger partial charge on any atom is -0.326 e. The van der Waals surface area contributed by atoms with Crippen LogP contribution in [0.1, 0.15) is 30.7 Å². The summed E-state index contributed by atoms with van der Waals surface area (Å²) in [6, 6.07) is 0.523. The molecule has 120 valence electrons. The standard InChI is InChI=1S/C14H25N3O2S2/c1-10(2)17-5-4-12(8-17)7-16-21(18,19)14-11(3)9-20-13(14)6-15/h9-10,12,16H,4-8,15H2,1-3H3. The number of hydrogen-bond acceptors (Lipinski definition) is 5. The van der Waals surface area contributed by atoms with Gasteiger partial charge in [-0.15, -0.1) is 11.3 Å². The van der Waals surface area contributed by atoms with Crippen molar-refractivity contribution in [3.05, 3.63) is 15.8 Å². The highest BCUT2D eigenvalue weighted by Crippen LogP contribution is 2.26. The van der Waals surface area contributed by atoms with Crippen molar-refractivity contribution >= 4 is 21.4 Å². The number of aryl methyl sites for hydroxylation is 1. The first-order chi connectivity index (χ1) is 9.85. The molecule has 0 aromatic carbocycles. The lowest BCUT2D eigenvalue weighted by Gasteiger charge is -2.20. The van der Waals surface area contributed by atoms with Gasteiger partial charge in [-0.3, -0.25) is 0 Å². The summed E-state index contributed by atoms with van der Waals surface area (Å²) >= 11 is 1.41. The maximum atomic E-state index is 12.5. The first kappa shape index (κ1) is 16.9. The highest BCUT2D eigenvalue weighted by molar-refractivity contribution is 7.89. The third-order valence-corrected chi connectivity index (χ3v) is 6.96. The molecule has 7 heteroatoms. The van der Waals surface area contributed by atoms with Crippen molar-refractivity contribution < 1.29 is 8.42 Å². The highest BCUT2D eigenvalue weighted by Gasteiger charge is 2.27. The van der Waals surface area contributed by atoms with Gasteiger partial charge in [-0.2, -0.15) is 0 Å². The molecule has 1 aromatic rings. The van der Waals surface area contributed by atoms with Crippen molar-refractivity contribution in [1.29, 1.82) is 0 Å². The number of nitrogens with two attached hydrogens (primary N) is 1. The Morgan fingerprint density at radius 3 is 2.81 bits per heavy atom. The fourth-order valence-corrected chi connectivity index (χ4v) is 5.60. The van der Waals surface area contributed by atoms with E-state index in [4.69, 9.17) is 5.73 Å². The summed E-state index contributed by atoms with van der Waals surface area (Å²) in [7, 11) is -3.45. The summed E-state index contributed by atoms with van der Waals surface area (Å²) < 4.78 is 27.8. The van der Waals surface area contributed by atoms with Gasteiger partial charge in [-0.25, -0.2) is 13.1 Å². The van der Waals surface area contributed by atoms with Crippen LogP contribution in [0.2, 0.25) is 0 Å². The van der Waals surface area contributed by atoms with Crippen molar-refractivity contribution in [2.45, 2.75) is 44.7 Å². The maximum Gasteiger partial charge on any atom is 0.241 e. The molecule has 1 aromatic heterocycles. The second-order valence-corrected chi connectivity index (χ2v) is 8.64. The molecule has 0 saturated carbocycles. The van der Waals surface area contributed by atoms with Crippen molar-refractivity contribution in [1.82, 2.24) is 9.62 Å². The van der Waals surface area contributed by atoms with Crippen LogP contribution >= 0.6 is 11.3 Å². The second-order valence-electron chi connectivity index (χ2n) is 5.97. The zero-order valence-electron chi connectivity index (χ0n) is 12.9. The van der Waals surface area contributed by atoms with E-state index in [2.05, 4.69) is 23.5 Å². The fraction of sp³-hybridized carbons (Fsp3) is 0.714. The van der Waals surface area contributed by atoms with Crippen LogP contribution in [0.4, 0.5) is 0 Å². The number of nitrogens with one attached hydrogen (secondary N) is 1. The maximum absolute atomic E-state index is 12.5. The Morgan fingerprint density at radius 2 is 2.24 bits per heavy atom. The first-order valence-electron chi connectivity index (χ1n) is 7.36. The SMILES string of the molecule is Cc1csc(CN)c1S(=O)(=O)NCC1CCN(C(C)C)C1. The number of thiophene rings is 1. The largest absolute Gasteiger partial charge is 0.326 e. The van der Waals surface area contributed by atoms with E-state index in [-0.39, 0.29) is 6.54 Å². The third kappa shape index (κ3) is 3.84. The molecule has 2 rings (SSSR count). The highest BCUT2D eigenvalue weighted by atomic mass is 32.2. The average Bonchev–Trinajstić information content (AvgIpc) is 3.03. The number of rotatable bonds is 6. The Balaban J connectivity index is 2.01. The summed E-state index contributed by atoms with van der Waals surface area (Å²) in [6.45, 7) is 8.95. The van der Waals surface area contributed by atoms with Gasteiger partial charge in [0.1, 0.15) is 4.90 Å². The smallest absolute Gasteiger partial charge is 0.241 e. The van der Waals surface area contributed by atoms with Crippen LogP contribution in [-0.2, 0) is 16.6 Å². The Hall–Kier alpha value is -0.470. The van der Waals surface area contributed by atoms with Gasteiger partial charge in [0.15, 0.2) is 0 Å². The first-order valence-corrected chi connectivity index (χ1v) is 9.72. The van der Waals surface area contributed by atoms with E-state index in [0.29, 0.717) is 23.4 Å². The molecule has 0 aliphatic carbocycles. The molecule has 1 unspecified atom stereocenters. The summed E-state index contributed by atoms with van der Waals surface area (Å²) in [5, 5.41) is 1.85. The average molecular weight is 332 g/mol. The Labute approximate surface area is 131 Å². The molecule has 1 atom stereocenters. The van der Waals surface area contributed by atoms with Crippen LogP contribution < -0.4 is 10.5 Å². The zero-order chi connectivity index (χ0) is 15.6. The second kappa shape index (κ2) is 6.75. The van der Waals surface area contributed by atoms with E-state index in [0.717, 1.165) is 30.0 Å². The summed E-state index contributed by atoms with van der Waals surface area (Å²) in [5.41, 5.74) is 6.42. The molecule has 0 spiro atoms. The Kier molecular flexibility index (Phi) is 5.43. The molecule has 0 bridgehead atoms. The topological polar surface area (TPSA) is 75.4 Å². The lowest BCUT2D eigenvalue weighted by Crippen LogP contribution is -2.33. The number of hydrogen-bond donors (Lipinski definition) is 2. The van der Waals surface area contributed by atoms with Gasteiger partial charge >= 0.3 is 0 Å². The monoisotopic (exact) mass is 331 g/mol. The van der Waals surface area contributed by atoms with Crippen molar-refractivity contribution in [2.75, 3.05) is 19.6 Å². The molecule has 1 aliphatic rings. The summed E-state index contributed by atoms with van der Waals surface area (Å²) in [5.74, 6) is 0.391. The predicted molar refractivity (Wildman–Crippen MR) is 87.0 cm³/mol. The molecular formula is C14H25N3O2S2. The molecule has 5 nitrogen and oxygen atoms in total. The van der Waals surface area contributed by atoms with Crippen LogP contribution in [0.3, 0.4) is 0 Å². The molecule has 2 heterocycles. The quantitative estimate of drug-likeness (QED) is 0.829. The normalized spacial score (nSPS) is 20.5. The minimum atomic E-state index is -3.45. The van der Waals surface area contributed by atoms with Gasteiger partial charge in [-0.1, -0.05) is 0 Å². The van der Waals surface area contributed by atoms with Gasteiger partial charge in [-0.05, 0) is 50.6 Å². The van der Waals surface area contributed by atoms with Gasteiger partial charge < -0.3 is 10.6 Å². The Bertz CT molecular complexity index is 581. The number of nitrogens with zero attached hydrogens (tertiary/aromatic N) is 1. The van der Waals surface area contributed by atoms with E-state index in [1.165, 1.54) is 11.3 Å². The van der Waals surface area contributed by atoms with Crippen LogP contribution in [0, 0.1) is 12.8 Å². The summed E-state index contributed by atoms with van der Waals surface area (Å²) in [6.07, 6.45) is 1.05. The van der Waals surface area contributed by atoms with E-state index in [1.54, 1.807) is 0 Å². The molecule has 0 amide bonds. The molecule has 1 aliphatic heterocycles. The van der Waals surface area contributed by atoms with Crippen molar-refractivity contribution in [2.24, 2.45) is 11.7 Å².